The summed E-state index contributed by atoms with van der Waals surface area (Å²) < 4.78 is 0. The molecule has 1 heteroatoms. The number of hydrogen-bond acceptors (Lipinski definition) is 1. The van der Waals surface area contributed by atoms with E-state index in [9.17, 15) is 0 Å². The molecule has 1 nitrogen and oxygen atoms in total. The molecule has 1 rings (SSSR count). The van der Waals surface area contributed by atoms with E-state index >= 15 is 0 Å². The highest BCUT2D eigenvalue weighted by molar-refractivity contribution is 4.68. The van der Waals surface area contributed by atoms with Gasteiger partial charge in [-0.1, -0.05) is 52.4 Å². The summed E-state index contributed by atoms with van der Waals surface area (Å²) in [5.41, 5.74) is 0. The minimum absolute atomic E-state index is 1.08. The molecule has 0 spiro atoms. The topological polar surface area (TPSA) is 3.24 Å². The summed E-state index contributed by atoms with van der Waals surface area (Å²) in [7, 11) is 0. The molecule has 0 heterocycles. The average Bonchev–Trinajstić information content (AvgIpc) is 2.85. The minimum Gasteiger partial charge on any atom is -0.303 e. The van der Waals surface area contributed by atoms with Gasteiger partial charge in [-0.25, -0.2) is 0 Å². The van der Waals surface area contributed by atoms with E-state index in [4.69, 9.17) is 0 Å². The van der Waals surface area contributed by atoms with Crippen molar-refractivity contribution in [2.45, 2.75) is 78.1 Å². The van der Waals surface area contributed by atoms with Gasteiger partial charge in [-0.3, -0.25) is 0 Å². The molecule has 102 valence electrons. The van der Waals surface area contributed by atoms with Gasteiger partial charge in [-0.05, 0) is 51.2 Å². The third-order valence-corrected chi connectivity index (χ3v) is 4.22. The van der Waals surface area contributed by atoms with Crippen molar-refractivity contribution in [2.24, 2.45) is 5.92 Å². The Morgan fingerprint density at radius 2 is 1.35 bits per heavy atom. The monoisotopic (exact) mass is 239 g/mol. The Morgan fingerprint density at radius 3 is 1.88 bits per heavy atom. The molecular formula is C16H33N. The molecule has 1 saturated carbocycles. The zero-order valence-corrected chi connectivity index (χ0v) is 12.2. The zero-order valence-electron chi connectivity index (χ0n) is 12.2. The third-order valence-electron chi connectivity index (χ3n) is 4.22. The second kappa shape index (κ2) is 9.94. The fourth-order valence-corrected chi connectivity index (χ4v) is 3.00. The standard InChI is InChI=1S/C16H33N/c1-3-5-13-17(14-6-4-2)15-9-12-16-10-7-8-11-16/h16H,3-15H2,1-2H3. The van der Waals surface area contributed by atoms with Gasteiger partial charge in [-0.15, -0.1) is 0 Å². The Morgan fingerprint density at radius 1 is 0.824 bits per heavy atom. The summed E-state index contributed by atoms with van der Waals surface area (Å²) in [6.45, 7) is 8.63. The van der Waals surface area contributed by atoms with Crippen LogP contribution < -0.4 is 0 Å². The largest absolute Gasteiger partial charge is 0.303 e. The molecule has 0 saturated heterocycles. The number of hydrogen-bond donors (Lipinski definition) is 0. The first-order valence-electron chi connectivity index (χ1n) is 8.09. The van der Waals surface area contributed by atoms with Crippen LogP contribution in [-0.2, 0) is 0 Å². The number of nitrogens with zero attached hydrogens (tertiary/aromatic N) is 1. The van der Waals surface area contributed by atoms with Crippen LogP contribution in [0.1, 0.15) is 78.1 Å². The summed E-state index contributed by atoms with van der Waals surface area (Å²) >= 11 is 0. The summed E-state index contributed by atoms with van der Waals surface area (Å²) in [6.07, 6.45) is 14.4. The van der Waals surface area contributed by atoms with Crippen LogP contribution in [0, 0.1) is 5.92 Å². The first-order chi connectivity index (χ1) is 8.36. The molecule has 1 aliphatic carbocycles. The second-order valence-electron chi connectivity index (χ2n) is 5.84. The SMILES string of the molecule is CCCCN(CCCC)CCCC1CCCC1. The van der Waals surface area contributed by atoms with Gasteiger partial charge in [0, 0.05) is 0 Å². The van der Waals surface area contributed by atoms with Crippen molar-refractivity contribution in [1.29, 1.82) is 0 Å². The van der Waals surface area contributed by atoms with Crippen molar-refractivity contribution < 1.29 is 0 Å². The maximum absolute atomic E-state index is 2.71. The lowest BCUT2D eigenvalue weighted by molar-refractivity contribution is 0.253. The number of unbranched alkanes of at least 4 members (excludes halogenated alkanes) is 2. The molecule has 0 N–H and O–H groups in total. The van der Waals surface area contributed by atoms with E-state index in [1.807, 2.05) is 0 Å². The first kappa shape index (κ1) is 15.0. The highest BCUT2D eigenvalue weighted by Crippen LogP contribution is 2.28. The van der Waals surface area contributed by atoms with Crippen molar-refractivity contribution in [3.05, 3.63) is 0 Å². The zero-order chi connectivity index (χ0) is 12.3. The van der Waals surface area contributed by atoms with Gasteiger partial charge in [-0.2, -0.15) is 0 Å². The quantitative estimate of drug-likeness (QED) is 0.526. The molecule has 0 aliphatic heterocycles. The van der Waals surface area contributed by atoms with Crippen molar-refractivity contribution in [3.8, 4) is 0 Å². The van der Waals surface area contributed by atoms with Crippen LogP contribution in [0.5, 0.6) is 0 Å². The van der Waals surface area contributed by atoms with Crippen LogP contribution in [0.2, 0.25) is 0 Å². The Kier molecular flexibility index (Phi) is 8.78. The Hall–Kier alpha value is -0.0400. The lowest BCUT2D eigenvalue weighted by atomic mass is 10.0. The molecule has 17 heavy (non-hydrogen) atoms. The lowest BCUT2D eigenvalue weighted by Gasteiger charge is -2.22. The second-order valence-corrected chi connectivity index (χ2v) is 5.84. The van der Waals surface area contributed by atoms with Gasteiger partial charge in [0.2, 0.25) is 0 Å². The van der Waals surface area contributed by atoms with E-state index in [0.29, 0.717) is 0 Å². The van der Waals surface area contributed by atoms with Crippen LogP contribution in [0.25, 0.3) is 0 Å². The molecule has 0 aromatic rings. The average molecular weight is 239 g/mol. The minimum atomic E-state index is 1.08. The summed E-state index contributed by atoms with van der Waals surface area (Å²) in [4.78, 5) is 2.71. The van der Waals surface area contributed by atoms with E-state index in [0.717, 1.165) is 5.92 Å². The Bertz CT molecular complexity index is 153. The van der Waals surface area contributed by atoms with Crippen LogP contribution in [0.4, 0.5) is 0 Å². The highest BCUT2D eigenvalue weighted by atomic mass is 15.1. The molecule has 0 amide bonds. The molecule has 0 unspecified atom stereocenters. The molecule has 0 bridgehead atoms. The van der Waals surface area contributed by atoms with Crippen LogP contribution in [-0.4, -0.2) is 24.5 Å². The third kappa shape index (κ3) is 7.08. The van der Waals surface area contributed by atoms with Crippen LogP contribution >= 0.6 is 0 Å². The van der Waals surface area contributed by atoms with Crippen molar-refractivity contribution in [2.75, 3.05) is 19.6 Å². The molecule has 1 fully saturated rings. The first-order valence-corrected chi connectivity index (χ1v) is 8.09. The predicted molar refractivity (Wildman–Crippen MR) is 77.4 cm³/mol. The molecule has 1 aliphatic rings. The fraction of sp³-hybridized carbons (Fsp3) is 1.00. The van der Waals surface area contributed by atoms with Gasteiger partial charge in [0.25, 0.3) is 0 Å². The van der Waals surface area contributed by atoms with Gasteiger partial charge in [0.05, 0.1) is 0 Å². The van der Waals surface area contributed by atoms with Crippen molar-refractivity contribution in [3.63, 3.8) is 0 Å². The van der Waals surface area contributed by atoms with Crippen LogP contribution in [0.3, 0.4) is 0 Å². The smallest absolute Gasteiger partial charge is 0.00186 e. The van der Waals surface area contributed by atoms with Gasteiger partial charge in [0.1, 0.15) is 0 Å². The van der Waals surface area contributed by atoms with Crippen molar-refractivity contribution in [1.82, 2.24) is 4.90 Å². The predicted octanol–water partition coefficient (Wildman–Crippen LogP) is 4.86. The molecule has 0 aromatic heterocycles. The number of rotatable bonds is 10. The lowest BCUT2D eigenvalue weighted by Crippen LogP contribution is -2.27. The van der Waals surface area contributed by atoms with E-state index in [1.54, 1.807) is 0 Å². The van der Waals surface area contributed by atoms with Gasteiger partial charge >= 0.3 is 0 Å². The summed E-state index contributed by atoms with van der Waals surface area (Å²) in [6, 6.07) is 0. The Labute approximate surface area is 109 Å². The molecule has 0 atom stereocenters. The van der Waals surface area contributed by atoms with Crippen LogP contribution in [0.15, 0.2) is 0 Å². The highest BCUT2D eigenvalue weighted by Gasteiger charge is 2.14. The van der Waals surface area contributed by atoms with E-state index < -0.39 is 0 Å². The van der Waals surface area contributed by atoms with Gasteiger partial charge < -0.3 is 4.90 Å². The fourth-order valence-electron chi connectivity index (χ4n) is 3.00. The van der Waals surface area contributed by atoms with Gasteiger partial charge in [0.15, 0.2) is 0 Å². The molecule has 0 radical (unpaired) electrons. The molecule has 0 aromatic carbocycles. The van der Waals surface area contributed by atoms with E-state index in [1.165, 1.54) is 83.8 Å². The normalized spacial score (nSPS) is 17.1. The maximum atomic E-state index is 2.71. The van der Waals surface area contributed by atoms with E-state index in [2.05, 4.69) is 18.7 Å². The van der Waals surface area contributed by atoms with Crippen molar-refractivity contribution >= 4 is 0 Å². The summed E-state index contributed by atoms with van der Waals surface area (Å²) in [5.74, 6) is 1.08. The maximum Gasteiger partial charge on any atom is -0.00186 e. The summed E-state index contributed by atoms with van der Waals surface area (Å²) in [5, 5.41) is 0. The van der Waals surface area contributed by atoms with E-state index in [-0.39, 0.29) is 0 Å². The Balaban J connectivity index is 2.08. The molecular weight excluding hydrogens is 206 g/mol.